The van der Waals surface area contributed by atoms with E-state index < -0.39 is 5.91 Å². The van der Waals surface area contributed by atoms with Crippen LogP contribution < -0.4 is 21.5 Å². The van der Waals surface area contributed by atoms with Crippen molar-refractivity contribution in [2.24, 2.45) is 11.5 Å². The monoisotopic (exact) mass is 404 g/mol. The molecule has 0 bridgehead atoms. The summed E-state index contributed by atoms with van der Waals surface area (Å²) in [6.45, 7) is 2.28. The van der Waals surface area contributed by atoms with Crippen molar-refractivity contribution in [1.82, 2.24) is 4.98 Å². The van der Waals surface area contributed by atoms with E-state index in [0.29, 0.717) is 30.1 Å². The van der Waals surface area contributed by atoms with Crippen molar-refractivity contribution in [2.75, 3.05) is 11.9 Å². The maximum absolute atomic E-state index is 11.5. The van der Waals surface area contributed by atoms with Crippen LogP contribution in [0.25, 0.3) is 0 Å². The molecule has 5 N–H and O–H groups in total. The molecule has 1 aromatic rings. The number of primary amides is 1. The number of halogens is 1. The van der Waals surface area contributed by atoms with Gasteiger partial charge in [-0.05, 0) is 61.3 Å². The Morgan fingerprint density at radius 1 is 1.48 bits per heavy atom. The lowest BCUT2D eigenvalue weighted by Crippen LogP contribution is -2.33. The first-order chi connectivity index (χ1) is 10.0. The number of amides is 1. The Morgan fingerprint density at radius 3 is 2.71 bits per heavy atom. The van der Waals surface area contributed by atoms with Gasteiger partial charge in [0.1, 0.15) is 11.4 Å². The van der Waals surface area contributed by atoms with E-state index in [9.17, 15) is 4.79 Å². The maximum atomic E-state index is 11.5. The Bertz CT molecular complexity index is 516. The molecule has 1 aliphatic carbocycles. The van der Waals surface area contributed by atoms with Gasteiger partial charge in [0.15, 0.2) is 0 Å². The van der Waals surface area contributed by atoms with Crippen molar-refractivity contribution in [1.29, 1.82) is 0 Å². The number of hydrogen-bond acceptors (Lipinski definition) is 5. The molecular weight excluding hydrogens is 383 g/mol. The van der Waals surface area contributed by atoms with Crippen molar-refractivity contribution in [3.05, 3.63) is 15.2 Å². The second kappa shape index (κ2) is 7.26. The number of carbonyl (C=O) groups is 1. The molecule has 0 aliphatic heterocycles. The summed E-state index contributed by atoms with van der Waals surface area (Å²) in [5.74, 6) is 0.504. The SMILES string of the molecule is CCOc1nc(NC2CCC(N)CC2)c(I)cc1C(N)=O. The zero-order valence-corrected chi connectivity index (χ0v) is 14.2. The molecule has 0 saturated heterocycles. The molecule has 1 aromatic heterocycles. The van der Waals surface area contributed by atoms with Crippen LogP contribution in [0.15, 0.2) is 6.07 Å². The van der Waals surface area contributed by atoms with E-state index in [1.54, 1.807) is 6.07 Å². The van der Waals surface area contributed by atoms with Crippen molar-refractivity contribution in [3.63, 3.8) is 0 Å². The van der Waals surface area contributed by atoms with Crippen LogP contribution in [0.1, 0.15) is 43.0 Å². The van der Waals surface area contributed by atoms with Crippen LogP contribution in [0.4, 0.5) is 5.82 Å². The van der Waals surface area contributed by atoms with E-state index in [4.69, 9.17) is 16.2 Å². The predicted octanol–water partition coefficient (Wildman–Crippen LogP) is 1.87. The summed E-state index contributed by atoms with van der Waals surface area (Å²) in [5, 5.41) is 3.43. The van der Waals surface area contributed by atoms with Gasteiger partial charge in [0.2, 0.25) is 5.88 Å². The predicted molar refractivity (Wildman–Crippen MR) is 90.5 cm³/mol. The number of pyridine rings is 1. The molecule has 0 aromatic carbocycles. The Hall–Kier alpha value is -1.09. The third kappa shape index (κ3) is 4.19. The molecule has 0 atom stereocenters. The highest BCUT2D eigenvalue weighted by atomic mass is 127. The molecule has 1 aliphatic rings. The molecule has 1 heterocycles. The van der Waals surface area contributed by atoms with Gasteiger partial charge in [0, 0.05) is 12.1 Å². The normalized spacial score (nSPS) is 21.9. The molecule has 0 radical (unpaired) electrons. The van der Waals surface area contributed by atoms with E-state index in [2.05, 4.69) is 32.9 Å². The lowest BCUT2D eigenvalue weighted by atomic mass is 9.92. The van der Waals surface area contributed by atoms with Gasteiger partial charge in [-0.2, -0.15) is 4.98 Å². The zero-order chi connectivity index (χ0) is 15.4. The van der Waals surface area contributed by atoms with Gasteiger partial charge in [0.25, 0.3) is 5.91 Å². The highest BCUT2D eigenvalue weighted by molar-refractivity contribution is 14.1. The molecule has 1 amide bonds. The molecule has 1 fully saturated rings. The van der Waals surface area contributed by atoms with Crippen molar-refractivity contribution >= 4 is 34.3 Å². The van der Waals surface area contributed by atoms with Crippen molar-refractivity contribution in [3.8, 4) is 5.88 Å². The summed E-state index contributed by atoms with van der Waals surface area (Å²) in [6, 6.07) is 2.39. The average Bonchev–Trinajstić information content (AvgIpc) is 2.44. The molecule has 116 valence electrons. The van der Waals surface area contributed by atoms with Crippen molar-refractivity contribution in [2.45, 2.75) is 44.7 Å². The van der Waals surface area contributed by atoms with Gasteiger partial charge >= 0.3 is 0 Å². The summed E-state index contributed by atoms with van der Waals surface area (Å²) in [4.78, 5) is 15.9. The van der Waals surface area contributed by atoms with Crippen LogP contribution in [-0.2, 0) is 0 Å². The first kappa shape index (κ1) is 16.3. The van der Waals surface area contributed by atoms with Crippen LogP contribution in [0.5, 0.6) is 5.88 Å². The second-order valence-corrected chi connectivity index (χ2v) is 6.39. The number of carbonyl (C=O) groups excluding carboxylic acids is 1. The minimum absolute atomic E-state index is 0.292. The minimum atomic E-state index is -0.529. The van der Waals surface area contributed by atoms with E-state index in [1.165, 1.54) is 0 Å². The summed E-state index contributed by atoms with van der Waals surface area (Å²) >= 11 is 2.15. The zero-order valence-electron chi connectivity index (χ0n) is 12.1. The number of rotatable bonds is 5. The number of nitrogens with zero attached hydrogens (tertiary/aromatic N) is 1. The quantitative estimate of drug-likeness (QED) is 0.651. The second-order valence-electron chi connectivity index (χ2n) is 5.22. The summed E-state index contributed by atoms with van der Waals surface area (Å²) in [5.41, 5.74) is 11.6. The van der Waals surface area contributed by atoms with E-state index in [1.807, 2.05) is 6.92 Å². The lowest BCUT2D eigenvalue weighted by Gasteiger charge is -2.27. The summed E-state index contributed by atoms with van der Waals surface area (Å²) in [6.07, 6.45) is 4.10. The largest absolute Gasteiger partial charge is 0.477 e. The average molecular weight is 404 g/mol. The third-order valence-corrected chi connectivity index (χ3v) is 4.42. The number of nitrogens with one attached hydrogen (secondary N) is 1. The van der Waals surface area contributed by atoms with E-state index in [0.717, 1.165) is 35.1 Å². The number of ether oxygens (including phenoxy) is 1. The van der Waals surface area contributed by atoms with E-state index in [-0.39, 0.29) is 0 Å². The first-order valence-electron chi connectivity index (χ1n) is 7.16. The van der Waals surface area contributed by atoms with Gasteiger partial charge in [0.05, 0.1) is 10.2 Å². The van der Waals surface area contributed by atoms with Crippen LogP contribution in [0.3, 0.4) is 0 Å². The molecule has 7 heteroatoms. The Labute approximate surface area is 138 Å². The van der Waals surface area contributed by atoms with Gasteiger partial charge in [-0.3, -0.25) is 4.79 Å². The number of anilines is 1. The Morgan fingerprint density at radius 2 is 2.14 bits per heavy atom. The smallest absolute Gasteiger partial charge is 0.254 e. The molecule has 0 unspecified atom stereocenters. The van der Waals surface area contributed by atoms with Crippen LogP contribution >= 0.6 is 22.6 Å². The third-order valence-electron chi connectivity index (χ3n) is 3.60. The van der Waals surface area contributed by atoms with Crippen LogP contribution in [0.2, 0.25) is 0 Å². The van der Waals surface area contributed by atoms with Gasteiger partial charge < -0.3 is 21.5 Å². The number of nitrogens with two attached hydrogens (primary N) is 2. The maximum Gasteiger partial charge on any atom is 0.254 e. The number of hydrogen-bond donors (Lipinski definition) is 3. The van der Waals surface area contributed by atoms with Crippen molar-refractivity contribution < 1.29 is 9.53 Å². The van der Waals surface area contributed by atoms with E-state index >= 15 is 0 Å². The fourth-order valence-electron chi connectivity index (χ4n) is 2.45. The van der Waals surface area contributed by atoms with Gasteiger partial charge in [-0.25, -0.2) is 0 Å². The molecule has 6 nitrogen and oxygen atoms in total. The standard InChI is InChI=1S/C14H21IN4O2/c1-2-21-14-10(12(17)20)7-11(15)13(19-14)18-9-5-3-8(16)4-6-9/h7-9H,2-6,16H2,1H3,(H2,17,20)(H,18,19). The molecular formula is C14H21IN4O2. The highest BCUT2D eigenvalue weighted by Gasteiger charge is 2.21. The van der Waals surface area contributed by atoms with Crippen LogP contribution in [-0.4, -0.2) is 29.6 Å². The first-order valence-corrected chi connectivity index (χ1v) is 8.24. The van der Waals surface area contributed by atoms with Gasteiger partial charge in [-0.1, -0.05) is 0 Å². The summed E-state index contributed by atoms with van der Waals surface area (Å²) < 4.78 is 6.29. The lowest BCUT2D eigenvalue weighted by molar-refractivity contribution is 0.0996. The fraction of sp³-hybridized carbons (Fsp3) is 0.571. The molecule has 21 heavy (non-hydrogen) atoms. The topological polar surface area (TPSA) is 103 Å². The fourth-order valence-corrected chi connectivity index (χ4v) is 3.04. The van der Waals surface area contributed by atoms with Gasteiger partial charge in [-0.15, -0.1) is 0 Å². The number of aromatic nitrogens is 1. The molecule has 0 spiro atoms. The molecule has 2 rings (SSSR count). The minimum Gasteiger partial charge on any atom is -0.477 e. The molecule has 1 saturated carbocycles. The Balaban J connectivity index is 2.19. The highest BCUT2D eigenvalue weighted by Crippen LogP contribution is 2.27. The summed E-state index contributed by atoms with van der Waals surface area (Å²) in [7, 11) is 0. The Kier molecular flexibility index (Phi) is 5.63. The van der Waals surface area contributed by atoms with Crippen LogP contribution in [0, 0.1) is 3.57 Å².